The minimum absolute atomic E-state index is 0.00769. The number of benzene rings is 1. The van der Waals surface area contributed by atoms with Gasteiger partial charge in [0.15, 0.2) is 0 Å². The largest absolute Gasteiger partial charge is 0.337 e. The molecule has 6 nitrogen and oxygen atoms in total. The number of carbonyl (C=O) groups excluding carboxylic acids is 3. The number of amides is 3. The van der Waals surface area contributed by atoms with E-state index in [-0.39, 0.29) is 30.2 Å². The van der Waals surface area contributed by atoms with E-state index in [2.05, 4.69) is 5.32 Å². The second-order valence-electron chi connectivity index (χ2n) is 7.32. The molecule has 1 unspecified atom stereocenters. The summed E-state index contributed by atoms with van der Waals surface area (Å²) in [4.78, 5) is 41.8. The monoisotopic (exact) mass is 413 g/mol. The van der Waals surface area contributed by atoms with Gasteiger partial charge in [0.2, 0.25) is 11.8 Å². The molecule has 1 atom stereocenters. The summed E-state index contributed by atoms with van der Waals surface area (Å²) in [5.41, 5.74) is 1.84. The summed E-state index contributed by atoms with van der Waals surface area (Å²) in [5.74, 6) is -0.598. The summed E-state index contributed by atoms with van der Waals surface area (Å²) >= 11 is 1.41. The van der Waals surface area contributed by atoms with E-state index in [4.69, 9.17) is 0 Å². The maximum Gasteiger partial charge on any atom is 0.263 e. The molecule has 1 fully saturated rings. The number of aryl methyl sites for hydroxylation is 1. The van der Waals surface area contributed by atoms with Crippen molar-refractivity contribution < 1.29 is 14.4 Å². The normalized spacial score (nSPS) is 16.3. The molecule has 3 amide bonds. The first-order valence-electron chi connectivity index (χ1n) is 9.95. The van der Waals surface area contributed by atoms with Crippen LogP contribution in [0.2, 0.25) is 0 Å². The lowest BCUT2D eigenvalue weighted by Gasteiger charge is -2.33. The average Bonchev–Trinajstić information content (AvgIpc) is 3.28. The van der Waals surface area contributed by atoms with Crippen molar-refractivity contribution in [2.24, 2.45) is 5.92 Å². The lowest BCUT2D eigenvalue weighted by atomic mass is 9.96. The second kappa shape index (κ2) is 9.69. The van der Waals surface area contributed by atoms with Gasteiger partial charge in [-0.05, 0) is 42.3 Å². The number of para-hydroxylation sites is 1. The number of nitrogens with zero attached hydrogens (tertiary/aromatic N) is 2. The maximum absolute atomic E-state index is 12.9. The molecule has 0 aliphatic carbocycles. The van der Waals surface area contributed by atoms with Crippen molar-refractivity contribution in [1.82, 2.24) is 9.80 Å². The molecule has 2 heterocycles. The van der Waals surface area contributed by atoms with Crippen LogP contribution in [0.1, 0.15) is 35.0 Å². The van der Waals surface area contributed by atoms with Crippen molar-refractivity contribution >= 4 is 34.7 Å². The van der Waals surface area contributed by atoms with E-state index in [1.165, 1.54) is 16.2 Å². The van der Waals surface area contributed by atoms with Crippen molar-refractivity contribution in [2.75, 3.05) is 32.0 Å². The summed E-state index contributed by atoms with van der Waals surface area (Å²) in [5, 5.41) is 4.78. The zero-order chi connectivity index (χ0) is 20.8. The van der Waals surface area contributed by atoms with E-state index in [1.807, 2.05) is 48.7 Å². The molecule has 1 aromatic heterocycles. The molecule has 0 spiro atoms. The first-order chi connectivity index (χ1) is 14.0. The number of hydrogen-bond acceptors (Lipinski definition) is 4. The predicted octanol–water partition coefficient (Wildman–Crippen LogP) is 3.26. The number of thiophene rings is 1. The van der Waals surface area contributed by atoms with Crippen LogP contribution in [-0.2, 0) is 16.0 Å². The van der Waals surface area contributed by atoms with Crippen LogP contribution in [0.3, 0.4) is 0 Å². The van der Waals surface area contributed by atoms with Crippen molar-refractivity contribution in [2.45, 2.75) is 26.2 Å². The highest BCUT2D eigenvalue weighted by Crippen LogP contribution is 2.22. The molecule has 1 N–H and O–H groups in total. The minimum atomic E-state index is -0.270. The Morgan fingerprint density at radius 2 is 2.00 bits per heavy atom. The Hall–Kier alpha value is -2.67. The molecule has 1 aromatic carbocycles. The van der Waals surface area contributed by atoms with Crippen LogP contribution in [0.5, 0.6) is 0 Å². The Morgan fingerprint density at radius 1 is 1.21 bits per heavy atom. The Labute approximate surface area is 175 Å². The molecule has 2 aromatic rings. The highest BCUT2D eigenvalue weighted by atomic mass is 32.1. The van der Waals surface area contributed by atoms with E-state index in [0.29, 0.717) is 18.0 Å². The van der Waals surface area contributed by atoms with Gasteiger partial charge in [0.25, 0.3) is 5.91 Å². The molecule has 29 heavy (non-hydrogen) atoms. The van der Waals surface area contributed by atoms with Crippen LogP contribution in [0.25, 0.3) is 0 Å². The molecule has 0 saturated carbocycles. The fraction of sp³-hybridized carbons (Fsp3) is 0.409. The lowest BCUT2D eigenvalue weighted by molar-refractivity contribution is -0.138. The van der Waals surface area contributed by atoms with Gasteiger partial charge in [-0.25, -0.2) is 0 Å². The van der Waals surface area contributed by atoms with E-state index in [1.54, 1.807) is 11.9 Å². The van der Waals surface area contributed by atoms with Crippen molar-refractivity contribution in [3.8, 4) is 0 Å². The van der Waals surface area contributed by atoms with Gasteiger partial charge in [-0.1, -0.05) is 31.2 Å². The van der Waals surface area contributed by atoms with Crippen molar-refractivity contribution in [3.63, 3.8) is 0 Å². The number of likely N-dealkylation sites (tertiary alicyclic amines) is 1. The van der Waals surface area contributed by atoms with Gasteiger partial charge in [-0.15, -0.1) is 11.3 Å². The standard InChI is InChI=1S/C22H27N3O3S/c1-3-16-8-4-5-10-18(16)23-20(26)15-24(2)21(27)17-9-6-12-25(14-17)22(28)19-11-7-13-29-19/h4-5,7-8,10-11,13,17H,3,6,9,12,14-15H2,1-2H3,(H,23,26). The van der Waals surface area contributed by atoms with Gasteiger partial charge in [-0.3, -0.25) is 14.4 Å². The number of hydrogen-bond donors (Lipinski definition) is 1. The maximum atomic E-state index is 12.9. The zero-order valence-electron chi connectivity index (χ0n) is 16.9. The molecular weight excluding hydrogens is 386 g/mol. The summed E-state index contributed by atoms with van der Waals surface area (Å²) in [6, 6.07) is 11.3. The number of rotatable bonds is 6. The second-order valence-corrected chi connectivity index (χ2v) is 8.27. The third kappa shape index (κ3) is 5.23. The fourth-order valence-electron chi connectivity index (χ4n) is 3.66. The zero-order valence-corrected chi connectivity index (χ0v) is 17.7. The van der Waals surface area contributed by atoms with Gasteiger partial charge >= 0.3 is 0 Å². The van der Waals surface area contributed by atoms with Crippen LogP contribution in [-0.4, -0.2) is 54.2 Å². The number of nitrogens with one attached hydrogen (secondary N) is 1. The Morgan fingerprint density at radius 3 is 2.72 bits per heavy atom. The Balaban J connectivity index is 1.56. The van der Waals surface area contributed by atoms with Gasteiger partial charge < -0.3 is 15.1 Å². The summed E-state index contributed by atoms with van der Waals surface area (Å²) in [6.45, 7) is 3.10. The van der Waals surface area contributed by atoms with E-state index >= 15 is 0 Å². The van der Waals surface area contributed by atoms with Crippen molar-refractivity contribution in [3.05, 3.63) is 52.2 Å². The van der Waals surface area contributed by atoms with Crippen LogP contribution >= 0.6 is 11.3 Å². The number of anilines is 1. The highest BCUT2D eigenvalue weighted by Gasteiger charge is 2.31. The first kappa shape index (κ1) is 21.0. The van der Waals surface area contributed by atoms with Crippen LogP contribution in [0.15, 0.2) is 41.8 Å². The molecule has 1 aliphatic rings. The van der Waals surface area contributed by atoms with E-state index in [0.717, 1.165) is 30.5 Å². The van der Waals surface area contributed by atoms with Crippen molar-refractivity contribution in [1.29, 1.82) is 0 Å². The molecule has 1 saturated heterocycles. The SMILES string of the molecule is CCc1ccccc1NC(=O)CN(C)C(=O)C1CCCN(C(=O)c2cccs2)C1. The fourth-order valence-corrected chi connectivity index (χ4v) is 4.36. The van der Waals surface area contributed by atoms with Crippen LogP contribution < -0.4 is 5.32 Å². The van der Waals surface area contributed by atoms with Gasteiger partial charge in [0.05, 0.1) is 17.3 Å². The number of carbonyl (C=O) groups is 3. The first-order valence-corrected chi connectivity index (χ1v) is 10.8. The van der Waals surface area contributed by atoms with Gasteiger partial charge in [0.1, 0.15) is 0 Å². The minimum Gasteiger partial charge on any atom is -0.337 e. The molecule has 154 valence electrons. The van der Waals surface area contributed by atoms with E-state index in [9.17, 15) is 14.4 Å². The molecule has 0 radical (unpaired) electrons. The lowest BCUT2D eigenvalue weighted by Crippen LogP contribution is -2.47. The smallest absolute Gasteiger partial charge is 0.263 e. The van der Waals surface area contributed by atoms with Crippen LogP contribution in [0.4, 0.5) is 5.69 Å². The van der Waals surface area contributed by atoms with E-state index < -0.39 is 0 Å². The Kier molecular flexibility index (Phi) is 7.04. The predicted molar refractivity (Wildman–Crippen MR) is 115 cm³/mol. The third-order valence-corrected chi connectivity index (χ3v) is 6.08. The topological polar surface area (TPSA) is 69.7 Å². The molecular formula is C22H27N3O3S. The number of piperidine rings is 1. The van der Waals surface area contributed by atoms with Crippen LogP contribution in [0, 0.1) is 5.92 Å². The molecule has 7 heteroatoms. The Bertz CT molecular complexity index is 866. The summed E-state index contributed by atoms with van der Waals surface area (Å²) < 4.78 is 0. The quantitative estimate of drug-likeness (QED) is 0.790. The molecule has 0 bridgehead atoms. The molecule has 1 aliphatic heterocycles. The number of likely N-dealkylation sites (N-methyl/N-ethyl adjacent to an activating group) is 1. The summed E-state index contributed by atoms with van der Waals surface area (Å²) in [6.07, 6.45) is 2.34. The third-order valence-electron chi connectivity index (χ3n) is 5.22. The summed E-state index contributed by atoms with van der Waals surface area (Å²) in [7, 11) is 1.65. The average molecular weight is 414 g/mol. The molecule has 3 rings (SSSR count). The highest BCUT2D eigenvalue weighted by molar-refractivity contribution is 7.12. The van der Waals surface area contributed by atoms with Gasteiger partial charge in [0, 0.05) is 25.8 Å². The van der Waals surface area contributed by atoms with Gasteiger partial charge in [-0.2, -0.15) is 0 Å².